The van der Waals surface area contributed by atoms with E-state index in [0.717, 1.165) is 5.75 Å². The number of rotatable bonds is 3. The van der Waals surface area contributed by atoms with Crippen LogP contribution in [0, 0.1) is 0 Å². The fourth-order valence-electron chi connectivity index (χ4n) is 0.266. The third-order valence-corrected chi connectivity index (χ3v) is 1.31. The molecule has 0 unspecified atom stereocenters. The third-order valence-electron chi connectivity index (χ3n) is 0.698. The number of aliphatic hydroxyl groups is 1. The summed E-state index contributed by atoms with van der Waals surface area (Å²) < 4.78 is 0. The van der Waals surface area contributed by atoms with Gasteiger partial charge in [-0.15, -0.1) is 6.26 Å². The van der Waals surface area contributed by atoms with Gasteiger partial charge in [-0.05, 0) is 12.0 Å². The largest absolute Gasteiger partial charge is 0.876 e. The first-order valence-corrected chi connectivity index (χ1v) is 3.69. The van der Waals surface area contributed by atoms with Gasteiger partial charge >= 0.3 is 0 Å². The van der Waals surface area contributed by atoms with Crippen LogP contribution in [0.25, 0.3) is 0 Å². The normalized spacial score (nSPS) is 11.9. The van der Waals surface area contributed by atoms with Crippen molar-refractivity contribution in [3.63, 3.8) is 0 Å². The molecule has 0 saturated carbocycles. The van der Waals surface area contributed by atoms with Gasteiger partial charge in [0, 0.05) is 6.42 Å². The van der Waals surface area contributed by atoms with E-state index < -0.39 is 0 Å². The minimum absolute atomic E-state index is 0.0562. The lowest BCUT2D eigenvalue weighted by Crippen LogP contribution is -1.93. The van der Waals surface area contributed by atoms with Gasteiger partial charge in [-0.1, -0.05) is 0 Å². The summed E-state index contributed by atoms with van der Waals surface area (Å²) in [6, 6.07) is 0. The van der Waals surface area contributed by atoms with E-state index in [9.17, 15) is 5.11 Å². The Bertz CT molecular complexity index is 80.5. The predicted molar refractivity (Wildman–Crippen MR) is 33.7 cm³/mol. The summed E-state index contributed by atoms with van der Waals surface area (Å²) >= 11 is 1.61. The van der Waals surface area contributed by atoms with Crippen molar-refractivity contribution in [1.29, 1.82) is 0 Å². The molecule has 3 heteroatoms. The summed E-state index contributed by atoms with van der Waals surface area (Å²) in [4.78, 5) is 0. The summed E-state index contributed by atoms with van der Waals surface area (Å²) in [6.07, 6.45) is 2.90. The molecule has 0 fully saturated rings. The van der Waals surface area contributed by atoms with Gasteiger partial charge in [0.25, 0.3) is 0 Å². The lowest BCUT2D eigenvalue weighted by atomic mass is 10.4. The fraction of sp³-hybridized carbons (Fsp3) is 0.600. The Morgan fingerprint density at radius 3 is 2.88 bits per heavy atom. The summed E-state index contributed by atoms with van der Waals surface area (Å²) in [5.74, 6) is 0.754. The van der Waals surface area contributed by atoms with Crippen LogP contribution in [0.5, 0.6) is 0 Å². The standard InChI is InChI=1S/C5H10O2S/c1-8-3-2-5(7)4-6/h4,6-7H,2-3H2,1H3/p-1/b5-4+. The molecule has 0 aromatic heterocycles. The lowest BCUT2D eigenvalue weighted by molar-refractivity contribution is -0.279. The van der Waals surface area contributed by atoms with E-state index in [-0.39, 0.29) is 5.76 Å². The summed E-state index contributed by atoms with van der Waals surface area (Å²) in [5, 5.41) is 18.2. The van der Waals surface area contributed by atoms with Crippen LogP contribution in [0.4, 0.5) is 0 Å². The average Bonchev–Trinajstić information content (AvgIpc) is 1.83. The lowest BCUT2D eigenvalue weighted by Gasteiger charge is -1.98. The van der Waals surface area contributed by atoms with Gasteiger partial charge in [-0.3, -0.25) is 0 Å². The number of hydrogen-bond donors (Lipinski definition) is 1. The van der Waals surface area contributed by atoms with Gasteiger partial charge in [-0.25, -0.2) is 0 Å². The highest BCUT2D eigenvalue weighted by Crippen LogP contribution is 2.00. The van der Waals surface area contributed by atoms with Crippen molar-refractivity contribution >= 4 is 11.8 Å². The summed E-state index contributed by atoms with van der Waals surface area (Å²) in [7, 11) is 0. The zero-order chi connectivity index (χ0) is 6.41. The van der Waals surface area contributed by atoms with Crippen LogP contribution in [-0.4, -0.2) is 17.1 Å². The molecule has 0 amide bonds. The molecule has 0 radical (unpaired) electrons. The molecule has 8 heavy (non-hydrogen) atoms. The van der Waals surface area contributed by atoms with Crippen molar-refractivity contribution in [2.75, 3.05) is 12.0 Å². The molecular weight excluding hydrogens is 124 g/mol. The first kappa shape index (κ1) is 7.69. The van der Waals surface area contributed by atoms with Crippen molar-refractivity contribution < 1.29 is 10.2 Å². The molecule has 0 aliphatic carbocycles. The molecule has 1 N–H and O–H groups in total. The smallest absolute Gasteiger partial charge is 0.0779 e. The van der Waals surface area contributed by atoms with E-state index in [1.807, 2.05) is 6.26 Å². The van der Waals surface area contributed by atoms with E-state index in [4.69, 9.17) is 5.11 Å². The Morgan fingerprint density at radius 2 is 2.50 bits per heavy atom. The molecule has 0 bridgehead atoms. The minimum Gasteiger partial charge on any atom is -0.876 e. The minimum atomic E-state index is -0.0562. The Kier molecular flexibility index (Phi) is 4.65. The van der Waals surface area contributed by atoms with Crippen LogP contribution >= 0.6 is 11.8 Å². The number of allylic oxidation sites excluding steroid dienone is 1. The second kappa shape index (κ2) is 4.84. The molecular formula is C5H9O2S-. The fourth-order valence-corrected chi connectivity index (χ4v) is 0.679. The molecule has 0 rings (SSSR count). The summed E-state index contributed by atoms with van der Waals surface area (Å²) in [6.45, 7) is 0. The van der Waals surface area contributed by atoms with Crippen molar-refractivity contribution in [2.24, 2.45) is 0 Å². The molecule has 48 valence electrons. The van der Waals surface area contributed by atoms with Crippen LogP contribution in [-0.2, 0) is 0 Å². The van der Waals surface area contributed by atoms with E-state index in [2.05, 4.69) is 0 Å². The second-order valence-corrected chi connectivity index (χ2v) is 2.34. The Hall–Kier alpha value is -0.310. The van der Waals surface area contributed by atoms with Crippen LogP contribution in [0.3, 0.4) is 0 Å². The highest BCUT2D eigenvalue weighted by molar-refractivity contribution is 7.98. The van der Waals surface area contributed by atoms with Crippen LogP contribution in [0.2, 0.25) is 0 Å². The van der Waals surface area contributed by atoms with Gasteiger partial charge < -0.3 is 10.2 Å². The first-order chi connectivity index (χ1) is 3.81. The first-order valence-electron chi connectivity index (χ1n) is 2.30. The van der Waals surface area contributed by atoms with Crippen LogP contribution in [0.1, 0.15) is 6.42 Å². The van der Waals surface area contributed by atoms with Gasteiger partial charge in [-0.2, -0.15) is 11.8 Å². The molecule has 0 aromatic rings. The number of thioether (sulfide) groups is 1. The second-order valence-electron chi connectivity index (χ2n) is 1.35. The number of aliphatic hydroxyl groups excluding tert-OH is 1. The van der Waals surface area contributed by atoms with Gasteiger partial charge in [0.1, 0.15) is 0 Å². The van der Waals surface area contributed by atoms with Crippen molar-refractivity contribution in [3.05, 3.63) is 12.0 Å². The topological polar surface area (TPSA) is 43.3 Å². The molecule has 0 spiro atoms. The Balaban J connectivity index is 3.12. The van der Waals surface area contributed by atoms with Crippen molar-refractivity contribution in [3.8, 4) is 0 Å². The number of hydrogen-bond acceptors (Lipinski definition) is 3. The predicted octanol–water partition coefficient (Wildman–Crippen LogP) is 0.499. The highest BCUT2D eigenvalue weighted by atomic mass is 32.2. The van der Waals surface area contributed by atoms with Gasteiger partial charge in [0.05, 0.1) is 5.76 Å². The molecule has 0 heterocycles. The highest BCUT2D eigenvalue weighted by Gasteiger charge is 1.85. The van der Waals surface area contributed by atoms with E-state index >= 15 is 0 Å². The Morgan fingerprint density at radius 1 is 1.88 bits per heavy atom. The maximum Gasteiger partial charge on any atom is 0.0779 e. The van der Waals surface area contributed by atoms with Crippen LogP contribution < -0.4 is 5.11 Å². The van der Waals surface area contributed by atoms with E-state index in [1.165, 1.54) is 0 Å². The van der Waals surface area contributed by atoms with Crippen molar-refractivity contribution in [2.45, 2.75) is 6.42 Å². The van der Waals surface area contributed by atoms with Gasteiger partial charge in [0.15, 0.2) is 0 Å². The van der Waals surface area contributed by atoms with Crippen molar-refractivity contribution in [1.82, 2.24) is 0 Å². The summed E-state index contributed by atoms with van der Waals surface area (Å²) in [5.41, 5.74) is 0. The van der Waals surface area contributed by atoms with Gasteiger partial charge in [0.2, 0.25) is 0 Å². The molecule has 2 nitrogen and oxygen atoms in total. The molecule has 0 aromatic carbocycles. The third kappa shape index (κ3) is 3.87. The molecule has 0 saturated heterocycles. The zero-order valence-electron chi connectivity index (χ0n) is 4.76. The maximum absolute atomic E-state index is 9.71. The molecule has 0 aliphatic heterocycles. The SMILES string of the molecule is CSCC/C(O)=C\[O-]. The van der Waals surface area contributed by atoms with E-state index in [0.29, 0.717) is 12.7 Å². The van der Waals surface area contributed by atoms with Crippen LogP contribution in [0.15, 0.2) is 12.0 Å². The Labute approximate surface area is 53.2 Å². The maximum atomic E-state index is 9.71. The quantitative estimate of drug-likeness (QED) is 0.570. The monoisotopic (exact) mass is 133 g/mol. The molecule has 0 atom stereocenters. The zero-order valence-corrected chi connectivity index (χ0v) is 5.57. The average molecular weight is 133 g/mol. The molecule has 0 aliphatic rings. The van der Waals surface area contributed by atoms with E-state index in [1.54, 1.807) is 11.8 Å².